The quantitative estimate of drug-likeness (QED) is 0.830. The van der Waals surface area contributed by atoms with Gasteiger partial charge in [0.25, 0.3) is 0 Å². The molecule has 0 amide bonds. The number of aryl methyl sites for hydroxylation is 1. The van der Waals surface area contributed by atoms with E-state index in [1.807, 2.05) is 6.92 Å². The smallest absolute Gasteiger partial charge is 0.406 e. The van der Waals surface area contributed by atoms with Gasteiger partial charge < -0.3 is 14.7 Å². The fraction of sp³-hybridized carbons (Fsp3) is 0.583. The molecule has 0 unspecified atom stereocenters. The molecule has 0 aliphatic carbocycles. The monoisotopic (exact) mass is 307 g/mol. The molecule has 0 saturated carbocycles. The van der Waals surface area contributed by atoms with Gasteiger partial charge in [0.2, 0.25) is 11.8 Å². The second kappa shape index (κ2) is 7.09. The Bertz CT molecular complexity index is 494. The van der Waals surface area contributed by atoms with Crippen molar-refractivity contribution in [2.24, 2.45) is 0 Å². The third kappa shape index (κ3) is 6.28. The van der Waals surface area contributed by atoms with E-state index < -0.39 is 25.2 Å². The minimum absolute atomic E-state index is 0.122. The third-order valence-corrected chi connectivity index (χ3v) is 2.25. The Labute approximate surface area is 119 Å². The van der Waals surface area contributed by atoms with E-state index in [1.54, 1.807) is 6.92 Å². The molecule has 0 fully saturated rings. The van der Waals surface area contributed by atoms with Gasteiger partial charge in [-0.2, -0.15) is 18.2 Å². The van der Waals surface area contributed by atoms with E-state index in [1.165, 1.54) is 6.07 Å². The molecule has 0 aliphatic rings. The van der Waals surface area contributed by atoms with Crippen molar-refractivity contribution in [2.45, 2.75) is 26.4 Å². The van der Waals surface area contributed by atoms with E-state index in [9.17, 15) is 18.0 Å². The Morgan fingerprint density at radius 2 is 2.10 bits per heavy atom. The maximum Gasteiger partial charge on any atom is 0.406 e. The molecule has 21 heavy (non-hydrogen) atoms. The first kappa shape index (κ1) is 17.0. The lowest BCUT2D eigenvalue weighted by molar-refractivity contribution is -0.136. The molecule has 9 heteroatoms. The van der Waals surface area contributed by atoms with Crippen molar-refractivity contribution in [3.05, 3.63) is 11.8 Å². The van der Waals surface area contributed by atoms with Crippen LogP contribution in [0.1, 0.15) is 19.0 Å². The van der Waals surface area contributed by atoms with Gasteiger partial charge in [0, 0.05) is 11.8 Å². The Hall–Kier alpha value is -2.06. The van der Waals surface area contributed by atoms with Crippen LogP contribution in [0.5, 0.6) is 5.88 Å². The molecule has 1 heterocycles. The van der Waals surface area contributed by atoms with Crippen LogP contribution < -0.4 is 9.64 Å². The van der Waals surface area contributed by atoms with Crippen molar-refractivity contribution in [2.75, 3.05) is 24.6 Å². The van der Waals surface area contributed by atoms with Crippen LogP contribution in [0.2, 0.25) is 0 Å². The average Bonchev–Trinajstić information content (AvgIpc) is 2.32. The van der Waals surface area contributed by atoms with Gasteiger partial charge in [-0.3, -0.25) is 4.79 Å². The molecule has 0 saturated heterocycles. The van der Waals surface area contributed by atoms with Crippen LogP contribution in [0.15, 0.2) is 6.07 Å². The predicted octanol–water partition coefficient (Wildman–Crippen LogP) is 2.03. The Balaban J connectivity index is 3.04. The Morgan fingerprint density at radius 3 is 2.62 bits per heavy atom. The van der Waals surface area contributed by atoms with Crippen molar-refractivity contribution in [1.82, 2.24) is 9.97 Å². The first-order valence-corrected chi connectivity index (χ1v) is 6.23. The van der Waals surface area contributed by atoms with Crippen LogP contribution in [0.25, 0.3) is 0 Å². The highest BCUT2D eigenvalue weighted by Gasteiger charge is 2.33. The molecule has 1 rings (SSSR count). The second-order valence-corrected chi connectivity index (χ2v) is 4.36. The van der Waals surface area contributed by atoms with E-state index in [0.29, 0.717) is 23.6 Å². The summed E-state index contributed by atoms with van der Waals surface area (Å²) in [5.74, 6) is -1.60. The summed E-state index contributed by atoms with van der Waals surface area (Å²) in [6.07, 6.45) is -3.85. The molecule has 1 aromatic heterocycles. The Morgan fingerprint density at radius 1 is 1.43 bits per heavy atom. The summed E-state index contributed by atoms with van der Waals surface area (Å²) in [6, 6.07) is 1.48. The molecule has 1 aromatic rings. The standard InChI is InChI=1S/C12H16F3N3O3/c1-3-4-21-9-5-8(2)16-11(17-9)18(6-10(19)20)7-12(13,14)15/h5H,3-4,6-7H2,1-2H3,(H,19,20). The zero-order valence-electron chi connectivity index (χ0n) is 11.6. The van der Waals surface area contributed by atoms with Crippen molar-refractivity contribution in [3.63, 3.8) is 0 Å². The SMILES string of the molecule is CCCOc1cc(C)nc(N(CC(=O)O)CC(F)(F)F)n1. The summed E-state index contributed by atoms with van der Waals surface area (Å²) in [7, 11) is 0. The zero-order chi connectivity index (χ0) is 16.0. The van der Waals surface area contributed by atoms with E-state index in [0.717, 1.165) is 0 Å². The van der Waals surface area contributed by atoms with Gasteiger partial charge in [0.05, 0.1) is 6.61 Å². The molecule has 0 radical (unpaired) electrons. The van der Waals surface area contributed by atoms with Gasteiger partial charge in [-0.15, -0.1) is 0 Å². The molecule has 0 aromatic carbocycles. The highest BCUT2D eigenvalue weighted by molar-refractivity contribution is 5.72. The molecule has 0 atom stereocenters. The van der Waals surface area contributed by atoms with E-state index in [2.05, 4.69) is 9.97 Å². The summed E-state index contributed by atoms with van der Waals surface area (Å²) >= 11 is 0. The number of carboxylic acids is 1. The van der Waals surface area contributed by atoms with Crippen LogP contribution in [0.3, 0.4) is 0 Å². The number of aromatic nitrogens is 2. The number of anilines is 1. The number of nitrogens with zero attached hydrogens (tertiary/aromatic N) is 3. The van der Waals surface area contributed by atoms with E-state index in [4.69, 9.17) is 9.84 Å². The third-order valence-electron chi connectivity index (χ3n) is 2.25. The minimum Gasteiger partial charge on any atom is -0.480 e. The molecular weight excluding hydrogens is 291 g/mol. The number of halogens is 3. The van der Waals surface area contributed by atoms with E-state index >= 15 is 0 Å². The van der Waals surface area contributed by atoms with Crippen LogP contribution in [0, 0.1) is 6.92 Å². The molecule has 0 bridgehead atoms. The highest BCUT2D eigenvalue weighted by Crippen LogP contribution is 2.21. The number of carbonyl (C=O) groups is 1. The minimum atomic E-state index is -4.56. The summed E-state index contributed by atoms with van der Waals surface area (Å²) in [4.78, 5) is 19.0. The zero-order valence-corrected chi connectivity index (χ0v) is 11.6. The van der Waals surface area contributed by atoms with Crippen LogP contribution in [-0.4, -0.2) is 46.9 Å². The maximum absolute atomic E-state index is 12.5. The number of alkyl halides is 3. The van der Waals surface area contributed by atoms with Crippen LogP contribution >= 0.6 is 0 Å². The van der Waals surface area contributed by atoms with E-state index in [-0.39, 0.29) is 11.8 Å². The van der Waals surface area contributed by atoms with Gasteiger partial charge in [0.15, 0.2) is 0 Å². The maximum atomic E-state index is 12.5. The molecule has 6 nitrogen and oxygen atoms in total. The summed E-state index contributed by atoms with van der Waals surface area (Å²) in [5.41, 5.74) is 0.392. The topological polar surface area (TPSA) is 75.5 Å². The second-order valence-electron chi connectivity index (χ2n) is 4.36. The van der Waals surface area contributed by atoms with Crippen molar-refractivity contribution >= 4 is 11.9 Å². The largest absolute Gasteiger partial charge is 0.480 e. The summed E-state index contributed by atoms with van der Waals surface area (Å²) in [6.45, 7) is 1.49. The molecule has 1 N–H and O–H groups in total. The first-order chi connectivity index (χ1) is 9.71. The fourth-order valence-electron chi connectivity index (χ4n) is 1.52. The van der Waals surface area contributed by atoms with Gasteiger partial charge in [-0.1, -0.05) is 6.92 Å². The average molecular weight is 307 g/mol. The van der Waals surface area contributed by atoms with Gasteiger partial charge in [0.1, 0.15) is 13.1 Å². The van der Waals surface area contributed by atoms with Crippen LogP contribution in [0.4, 0.5) is 19.1 Å². The van der Waals surface area contributed by atoms with Crippen molar-refractivity contribution < 1.29 is 27.8 Å². The van der Waals surface area contributed by atoms with Gasteiger partial charge in [-0.25, -0.2) is 4.98 Å². The highest BCUT2D eigenvalue weighted by atomic mass is 19.4. The molecular formula is C12H16F3N3O3. The lowest BCUT2D eigenvalue weighted by Gasteiger charge is -2.22. The first-order valence-electron chi connectivity index (χ1n) is 6.23. The predicted molar refractivity (Wildman–Crippen MR) is 68.5 cm³/mol. The summed E-state index contributed by atoms with van der Waals surface area (Å²) < 4.78 is 42.8. The number of hydrogen-bond donors (Lipinski definition) is 1. The molecule has 118 valence electrons. The normalized spacial score (nSPS) is 11.3. The number of ether oxygens (including phenoxy) is 1. The number of hydrogen-bond acceptors (Lipinski definition) is 5. The lowest BCUT2D eigenvalue weighted by atomic mass is 10.4. The van der Waals surface area contributed by atoms with Gasteiger partial charge >= 0.3 is 12.1 Å². The summed E-state index contributed by atoms with van der Waals surface area (Å²) in [5, 5.41) is 8.73. The Kier molecular flexibility index (Phi) is 5.74. The fourth-order valence-corrected chi connectivity index (χ4v) is 1.52. The van der Waals surface area contributed by atoms with Crippen molar-refractivity contribution in [3.8, 4) is 5.88 Å². The van der Waals surface area contributed by atoms with Gasteiger partial charge in [-0.05, 0) is 13.3 Å². The molecule has 0 spiro atoms. The lowest BCUT2D eigenvalue weighted by Crippen LogP contribution is -2.39. The van der Waals surface area contributed by atoms with Crippen LogP contribution in [-0.2, 0) is 4.79 Å². The number of carboxylic acid groups (broad SMARTS) is 1. The number of rotatable bonds is 7. The van der Waals surface area contributed by atoms with Crippen molar-refractivity contribution in [1.29, 1.82) is 0 Å². The number of aliphatic carboxylic acids is 1. The molecule has 0 aliphatic heterocycles.